The number of anilines is 2. The van der Waals surface area contributed by atoms with Crippen LogP contribution in [0.5, 0.6) is 5.75 Å². The third-order valence-corrected chi connectivity index (χ3v) is 6.72. The van der Waals surface area contributed by atoms with Crippen molar-refractivity contribution in [1.82, 2.24) is 0 Å². The molecular formula is C30H29ClN2O5. The van der Waals surface area contributed by atoms with Crippen molar-refractivity contribution in [3.63, 3.8) is 0 Å². The normalized spacial score (nSPS) is 17.0. The van der Waals surface area contributed by atoms with Crippen LogP contribution in [-0.2, 0) is 19.8 Å². The number of halogens is 1. The van der Waals surface area contributed by atoms with Crippen LogP contribution in [0.15, 0.2) is 72.3 Å². The number of hydrogen-bond donors (Lipinski definition) is 2. The van der Waals surface area contributed by atoms with Crippen LogP contribution in [0.2, 0.25) is 5.02 Å². The largest absolute Gasteiger partial charge is 0.507 e. The fraction of sp³-hybridized carbons (Fsp3) is 0.233. The van der Waals surface area contributed by atoms with Crippen LogP contribution in [0.25, 0.3) is 5.76 Å². The Morgan fingerprint density at radius 3 is 2.32 bits per heavy atom. The molecule has 0 radical (unpaired) electrons. The van der Waals surface area contributed by atoms with Crippen LogP contribution in [0.4, 0.5) is 11.4 Å². The highest BCUT2D eigenvalue weighted by atomic mass is 35.5. The van der Waals surface area contributed by atoms with E-state index in [4.69, 9.17) is 16.3 Å². The summed E-state index contributed by atoms with van der Waals surface area (Å²) < 4.78 is 5.28. The van der Waals surface area contributed by atoms with Gasteiger partial charge in [-0.2, -0.15) is 0 Å². The molecule has 1 heterocycles. The Kier molecular flexibility index (Phi) is 7.33. The standard InChI is InChI=1S/C30H29ClN2O5/c1-17(34)32-21-7-6-8-22(16-21)33-26(18-9-12-20(13-10-18)30(2,3)4)25(28(36)29(33)37)27(35)19-11-14-23(31)24(15-19)38-5/h6-16,26,35H,1-5H3,(H,32,34)/b27-25+. The number of methoxy groups -OCH3 is 1. The quantitative estimate of drug-likeness (QED) is 0.231. The summed E-state index contributed by atoms with van der Waals surface area (Å²) in [6.07, 6.45) is 0. The van der Waals surface area contributed by atoms with Gasteiger partial charge in [0.15, 0.2) is 0 Å². The zero-order chi connectivity index (χ0) is 27.8. The number of nitrogens with zero attached hydrogens (tertiary/aromatic N) is 1. The van der Waals surface area contributed by atoms with Gasteiger partial charge in [0.2, 0.25) is 5.91 Å². The minimum absolute atomic E-state index is 0.0622. The van der Waals surface area contributed by atoms with Crippen LogP contribution in [0.3, 0.4) is 0 Å². The van der Waals surface area contributed by atoms with Gasteiger partial charge in [0, 0.05) is 23.9 Å². The fourth-order valence-corrected chi connectivity index (χ4v) is 4.67. The van der Waals surface area contributed by atoms with Crippen molar-refractivity contribution >= 4 is 46.3 Å². The Morgan fingerprint density at radius 1 is 1.03 bits per heavy atom. The predicted molar refractivity (Wildman–Crippen MR) is 149 cm³/mol. The first kappa shape index (κ1) is 26.9. The topological polar surface area (TPSA) is 95.9 Å². The molecule has 1 saturated heterocycles. The zero-order valence-electron chi connectivity index (χ0n) is 21.8. The Hall–Kier alpha value is -4.10. The van der Waals surface area contributed by atoms with Crippen molar-refractivity contribution in [1.29, 1.82) is 0 Å². The number of amides is 2. The molecule has 1 aliphatic heterocycles. The molecular weight excluding hydrogens is 504 g/mol. The highest BCUT2D eigenvalue weighted by Crippen LogP contribution is 2.43. The van der Waals surface area contributed by atoms with Gasteiger partial charge in [-0.15, -0.1) is 0 Å². The maximum absolute atomic E-state index is 13.5. The summed E-state index contributed by atoms with van der Waals surface area (Å²) in [6.45, 7) is 7.66. The number of hydrogen-bond acceptors (Lipinski definition) is 5. The van der Waals surface area contributed by atoms with Crippen molar-refractivity contribution < 1.29 is 24.2 Å². The van der Waals surface area contributed by atoms with E-state index in [1.165, 1.54) is 25.0 Å². The van der Waals surface area contributed by atoms with Gasteiger partial charge in [0.05, 0.1) is 23.7 Å². The van der Waals surface area contributed by atoms with Crippen LogP contribution in [0, 0.1) is 0 Å². The Balaban J connectivity index is 1.93. The molecule has 196 valence electrons. The summed E-state index contributed by atoms with van der Waals surface area (Å²) in [7, 11) is 1.45. The molecule has 38 heavy (non-hydrogen) atoms. The molecule has 2 N–H and O–H groups in total. The fourth-order valence-electron chi connectivity index (χ4n) is 4.48. The molecule has 8 heteroatoms. The van der Waals surface area contributed by atoms with Crippen LogP contribution < -0.4 is 15.0 Å². The van der Waals surface area contributed by atoms with E-state index in [9.17, 15) is 19.5 Å². The third-order valence-electron chi connectivity index (χ3n) is 6.41. The summed E-state index contributed by atoms with van der Waals surface area (Å²) >= 11 is 6.16. The van der Waals surface area contributed by atoms with Gasteiger partial charge in [-0.3, -0.25) is 19.3 Å². The number of carbonyl (C=O) groups excluding carboxylic acids is 3. The SMILES string of the molecule is COc1cc(/C(O)=C2\C(=O)C(=O)N(c3cccc(NC(C)=O)c3)C2c2ccc(C(C)(C)C)cc2)ccc1Cl. The molecule has 0 spiro atoms. The monoisotopic (exact) mass is 532 g/mol. The molecule has 0 aliphatic carbocycles. The smallest absolute Gasteiger partial charge is 0.300 e. The van der Waals surface area contributed by atoms with Gasteiger partial charge in [-0.05, 0) is 52.9 Å². The molecule has 0 bridgehead atoms. The Morgan fingerprint density at radius 2 is 1.71 bits per heavy atom. The van der Waals surface area contributed by atoms with E-state index in [0.29, 0.717) is 27.7 Å². The summed E-state index contributed by atoms with van der Waals surface area (Å²) in [5.74, 6) is -1.92. The van der Waals surface area contributed by atoms with Crippen molar-refractivity contribution in [3.8, 4) is 5.75 Å². The number of rotatable bonds is 5. The van der Waals surface area contributed by atoms with E-state index < -0.39 is 17.7 Å². The maximum atomic E-state index is 13.5. The minimum Gasteiger partial charge on any atom is -0.507 e. The van der Waals surface area contributed by atoms with Gasteiger partial charge in [-0.1, -0.05) is 62.7 Å². The molecule has 1 unspecified atom stereocenters. The highest BCUT2D eigenvalue weighted by Gasteiger charge is 2.47. The summed E-state index contributed by atoms with van der Waals surface area (Å²) in [4.78, 5) is 39.9. The summed E-state index contributed by atoms with van der Waals surface area (Å²) in [5.41, 5.74) is 2.71. The van der Waals surface area contributed by atoms with E-state index in [2.05, 4.69) is 26.1 Å². The van der Waals surface area contributed by atoms with Crippen molar-refractivity contribution in [2.45, 2.75) is 39.2 Å². The lowest BCUT2D eigenvalue weighted by Crippen LogP contribution is -2.29. The zero-order valence-corrected chi connectivity index (χ0v) is 22.6. The first-order valence-corrected chi connectivity index (χ1v) is 12.4. The predicted octanol–water partition coefficient (Wildman–Crippen LogP) is 6.23. The van der Waals surface area contributed by atoms with Gasteiger partial charge in [0.1, 0.15) is 11.5 Å². The van der Waals surface area contributed by atoms with Crippen molar-refractivity contribution in [2.24, 2.45) is 0 Å². The van der Waals surface area contributed by atoms with Crippen LogP contribution >= 0.6 is 11.6 Å². The second-order valence-corrected chi connectivity index (χ2v) is 10.5. The summed E-state index contributed by atoms with van der Waals surface area (Å²) in [5, 5.41) is 14.4. The molecule has 7 nitrogen and oxygen atoms in total. The van der Waals surface area contributed by atoms with Gasteiger partial charge in [-0.25, -0.2) is 0 Å². The number of nitrogens with one attached hydrogen (secondary N) is 1. The molecule has 4 rings (SSSR count). The van der Waals surface area contributed by atoms with E-state index in [-0.39, 0.29) is 28.2 Å². The number of aliphatic hydroxyl groups is 1. The van der Waals surface area contributed by atoms with Gasteiger partial charge >= 0.3 is 0 Å². The summed E-state index contributed by atoms with van der Waals surface area (Å²) in [6, 6.07) is 18.0. The van der Waals surface area contributed by atoms with E-state index in [1.54, 1.807) is 36.4 Å². The molecule has 0 aromatic heterocycles. The van der Waals surface area contributed by atoms with Gasteiger partial charge in [0.25, 0.3) is 11.7 Å². The van der Waals surface area contributed by atoms with E-state index in [0.717, 1.165) is 5.56 Å². The van der Waals surface area contributed by atoms with Crippen molar-refractivity contribution in [3.05, 3.63) is 94.0 Å². The molecule has 3 aromatic rings. The highest BCUT2D eigenvalue weighted by molar-refractivity contribution is 6.51. The number of ether oxygens (including phenoxy) is 1. The maximum Gasteiger partial charge on any atom is 0.300 e. The Bertz CT molecular complexity index is 1450. The second-order valence-electron chi connectivity index (χ2n) is 10.1. The number of aliphatic hydroxyl groups excluding tert-OH is 1. The molecule has 1 aliphatic rings. The third kappa shape index (κ3) is 5.15. The molecule has 3 aromatic carbocycles. The lowest BCUT2D eigenvalue weighted by atomic mass is 9.85. The van der Waals surface area contributed by atoms with Crippen LogP contribution in [-0.4, -0.2) is 29.8 Å². The lowest BCUT2D eigenvalue weighted by Gasteiger charge is -2.27. The minimum atomic E-state index is -0.918. The molecule has 1 atom stereocenters. The lowest BCUT2D eigenvalue weighted by molar-refractivity contribution is -0.132. The van der Waals surface area contributed by atoms with Crippen LogP contribution in [0.1, 0.15) is 50.4 Å². The average molecular weight is 533 g/mol. The van der Waals surface area contributed by atoms with Crippen molar-refractivity contribution in [2.75, 3.05) is 17.3 Å². The first-order chi connectivity index (χ1) is 17.9. The van der Waals surface area contributed by atoms with Gasteiger partial charge < -0.3 is 15.2 Å². The molecule has 0 saturated carbocycles. The molecule has 2 amide bonds. The van der Waals surface area contributed by atoms with E-state index >= 15 is 0 Å². The first-order valence-electron chi connectivity index (χ1n) is 12.1. The number of benzene rings is 3. The Labute approximate surface area is 226 Å². The average Bonchev–Trinajstić information content (AvgIpc) is 3.13. The number of Topliss-reactive ketones (excluding diaryl/α,β-unsaturated/α-hetero) is 1. The number of ketones is 1. The molecule has 1 fully saturated rings. The van der Waals surface area contributed by atoms with E-state index in [1.807, 2.05) is 24.3 Å². The second kappa shape index (κ2) is 10.3. The number of carbonyl (C=O) groups is 3.